The minimum absolute atomic E-state index is 0.146. The van der Waals surface area contributed by atoms with Crippen molar-refractivity contribution in [1.82, 2.24) is 4.90 Å². The van der Waals surface area contributed by atoms with Crippen molar-refractivity contribution in [1.29, 1.82) is 0 Å². The molecule has 0 aromatic heterocycles. The maximum Gasteiger partial charge on any atom is 0.256 e. The number of anilines is 1. The van der Waals surface area contributed by atoms with Crippen molar-refractivity contribution in [3.05, 3.63) is 29.3 Å². The average molecular weight is 244 g/mol. The van der Waals surface area contributed by atoms with Gasteiger partial charge in [-0.25, -0.2) is 0 Å². The first-order valence-electron chi connectivity index (χ1n) is 6.88. The monoisotopic (exact) mass is 244 g/mol. The van der Waals surface area contributed by atoms with Crippen LogP contribution in [0.15, 0.2) is 18.2 Å². The molecule has 0 radical (unpaired) electrons. The normalized spacial score (nSPS) is 24.4. The lowest BCUT2D eigenvalue weighted by atomic mass is 9.88. The van der Waals surface area contributed by atoms with Gasteiger partial charge in [0.05, 0.1) is 5.56 Å². The van der Waals surface area contributed by atoms with Gasteiger partial charge in [0, 0.05) is 18.3 Å². The molecule has 1 heterocycles. The van der Waals surface area contributed by atoms with Gasteiger partial charge in [0.15, 0.2) is 0 Å². The van der Waals surface area contributed by atoms with Gasteiger partial charge < -0.3 is 10.6 Å². The molecular formula is C15H20N2O. The van der Waals surface area contributed by atoms with E-state index in [-0.39, 0.29) is 5.91 Å². The highest BCUT2D eigenvalue weighted by molar-refractivity contribution is 6.02. The second-order valence-corrected chi connectivity index (χ2v) is 5.61. The van der Waals surface area contributed by atoms with Crippen LogP contribution < -0.4 is 5.73 Å². The van der Waals surface area contributed by atoms with Crippen LogP contribution in [0.25, 0.3) is 0 Å². The number of rotatable bonds is 1. The summed E-state index contributed by atoms with van der Waals surface area (Å²) in [6, 6.07) is 6.26. The third-order valence-corrected chi connectivity index (χ3v) is 4.37. The van der Waals surface area contributed by atoms with Crippen molar-refractivity contribution in [3.8, 4) is 0 Å². The summed E-state index contributed by atoms with van der Waals surface area (Å²) in [6.45, 7) is 3.03. The smallest absolute Gasteiger partial charge is 0.256 e. The van der Waals surface area contributed by atoms with Crippen molar-refractivity contribution in [2.75, 3.05) is 12.3 Å². The van der Waals surface area contributed by atoms with Crippen molar-refractivity contribution in [2.45, 2.75) is 44.6 Å². The molecule has 3 rings (SSSR count). The first kappa shape index (κ1) is 11.6. The van der Waals surface area contributed by atoms with E-state index in [2.05, 4.69) is 11.8 Å². The van der Waals surface area contributed by atoms with Crippen molar-refractivity contribution in [2.24, 2.45) is 0 Å². The number of hydrogen-bond acceptors (Lipinski definition) is 2. The van der Waals surface area contributed by atoms with Crippen LogP contribution in [0.1, 0.15) is 54.4 Å². The highest BCUT2D eigenvalue weighted by atomic mass is 16.2. The third-order valence-electron chi connectivity index (χ3n) is 4.37. The molecule has 0 spiro atoms. The van der Waals surface area contributed by atoms with Gasteiger partial charge in [-0.2, -0.15) is 0 Å². The summed E-state index contributed by atoms with van der Waals surface area (Å²) in [7, 11) is 0. The molecule has 1 aromatic carbocycles. The SMILES string of the molecule is CC1CN(C2CCCC2)C(=O)c2c(N)cccc21. The van der Waals surface area contributed by atoms with E-state index in [1.165, 1.54) is 12.8 Å². The Labute approximate surface area is 108 Å². The molecule has 0 saturated heterocycles. The van der Waals surface area contributed by atoms with Crippen LogP contribution in [0, 0.1) is 0 Å². The van der Waals surface area contributed by atoms with E-state index in [4.69, 9.17) is 5.73 Å². The Balaban J connectivity index is 2.00. The fraction of sp³-hybridized carbons (Fsp3) is 0.533. The largest absolute Gasteiger partial charge is 0.398 e. The summed E-state index contributed by atoms with van der Waals surface area (Å²) in [5.41, 5.74) is 8.51. The quantitative estimate of drug-likeness (QED) is 0.772. The number of carbonyl (C=O) groups is 1. The summed E-state index contributed by atoms with van der Waals surface area (Å²) in [5.74, 6) is 0.537. The zero-order valence-electron chi connectivity index (χ0n) is 10.9. The molecule has 0 bridgehead atoms. The summed E-state index contributed by atoms with van der Waals surface area (Å²) in [6.07, 6.45) is 4.81. The molecule has 1 atom stereocenters. The van der Waals surface area contributed by atoms with E-state index in [0.29, 0.717) is 17.6 Å². The summed E-state index contributed by atoms with van der Waals surface area (Å²) < 4.78 is 0. The zero-order chi connectivity index (χ0) is 12.7. The Morgan fingerprint density at radius 1 is 1.28 bits per heavy atom. The fourth-order valence-corrected chi connectivity index (χ4v) is 3.40. The van der Waals surface area contributed by atoms with E-state index in [0.717, 1.165) is 30.5 Å². The lowest BCUT2D eigenvalue weighted by Crippen LogP contribution is -2.45. The van der Waals surface area contributed by atoms with Crippen LogP contribution >= 0.6 is 0 Å². The van der Waals surface area contributed by atoms with Gasteiger partial charge in [-0.1, -0.05) is 31.9 Å². The van der Waals surface area contributed by atoms with Crippen LogP contribution in [0.5, 0.6) is 0 Å². The second kappa shape index (κ2) is 4.30. The van der Waals surface area contributed by atoms with Gasteiger partial charge in [-0.05, 0) is 30.4 Å². The molecule has 1 amide bonds. The summed E-state index contributed by atoms with van der Waals surface area (Å²) in [5, 5.41) is 0. The minimum Gasteiger partial charge on any atom is -0.398 e. The van der Waals surface area contributed by atoms with Gasteiger partial charge >= 0.3 is 0 Å². The second-order valence-electron chi connectivity index (χ2n) is 5.61. The van der Waals surface area contributed by atoms with Crippen LogP contribution in [0.2, 0.25) is 0 Å². The molecule has 1 aliphatic heterocycles. The molecule has 96 valence electrons. The maximum atomic E-state index is 12.6. The highest BCUT2D eigenvalue weighted by Crippen LogP contribution is 2.35. The van der Waals surface area contributed by atoms with Gasteiger partial charge in [0.1, 0.15) is 0 Å². The maximum absolute atomic E-state index is 12.6. The Hall–Kier alpha value is -1.51. The molecule has 1 aliphatic carbocycles. The molecule has 1 fully saturated rings. The molecule has 1 unspecified atom stereocenters. The molecule has 1 saturated carbocycles. The first-order valence-corrected chi connectivity index (χ1v) is 6.88. The number of carbonyl (C=O) groups excluding carboxylic acids is 1. The Morgan fingerprint density at radius 3 is 2.72 bits per heavy atom. The number of benzene rings is 1. The Morgan fingerprint density at radius 2 is 2.00 bits per heavy atom. The third kappa shape index (κ3) is 1.69. The highest BCUT2D eigenvalue weighted by Gasteiger charge is 2.35. The standard InChI is InChI=1S/C15H20N2O/c1-10-9-17(11-5-2-3-6-11)15(18)14-12(10)7-4-8-13(14)16/h4,7-8,10-11H,2-3,5-6,9,16H2,1H3. The van der Waals surface area contributed by atoms with E-state index < -0.39 is 0 Å². The lowest BCUT2D eigenvalue weighted by molar-refractivity contribution is 0.0646. The number of nitrogens with two attached hydrogens (primary N) is 1. The minimum atomic E-state index is 0.146. The number of nitrogens with zero attached hydrogens (tertiary/aromatic N) is 1. The number of amides is 1. The Kier molecular flexibility index (Phi) is 2.77. The molecule has 3 nitrogen and oxygen atoms in total. The molecule has 2 N–H and O–H groups in total. The predicted octanol–water partition coefficient (Wildman–Crippen LogP) is 2.77. The number of fused-ring (bicyclic) bond motifs is 1. The van der Waals surface area contributed by atoms with E-state index >= 15 is 0 Å². The van der Waals surface area contributed by atoms with Gasteiger partial charge in [-0.15, -0.1) is 0 Å². The lowest BCUT2D eigenvalue weighted by Gasteiger charge is -2.37. The van der Waals surface area contributed by atoms with Crippen molar-refractivity contribution >= 4 is 11.6 Å². The Bertz CT molecular complexity index is 477. The number of nitrogen functional groups attached to an aromatic ring is 1. The van der Waals surface area contributed by atoms with Crippen molar-refractivity contribution < 1.29 is 4.79 Å². The van der Waals surface area contributed by atoms with E-state index in [9.17, 15) is 4.79 Å². The molecular weight excluding hydrogens is 224 g/mol. The fourth-order valence-electron chi connectivity index (χ4n) is 3.40. The molecule has 18 heavy (non-hydrogen) atoms. The van der Waals surface area contributed by atoms with Gasteiger partial charge in [0.25, 0.3) is 5.91 Å². The van der Waals surface area contributed by atoms with Crippen LogP contribution in [-0.4, -0.2) is 23.4 Å². The van der Waals surface area contributed by atoms with Crippen LogP contribution in [0.3, 0.4) is 0 Å². The summed E-state index contributed by atoms with van der Waals surface area (Å²) >= 11 is 0. The van der Waals surface area contributed by atoms with Crippen molar-refractivity contribution in [3.63, 3.8) is 0 Å². The predicted molar refractivity (Wildman–Crippen MR) is 72.6 cm³/mol. The van der Waals surface area contributed by atoms with E-state index in [1.807, 2.05) is 18.2 Å². The van der Waals surface area contributed by atoms with Crippen LogP contribution in [0.4, 0.5) is 5.69 Å². The van der Waals surface area contributed by atoms with Crippen LogP contribution in [-0.2, 0) is 0 Å². The number of hydrogen-bond donors (Lipinski definition) is 1. The average Bonchev–Trinajstić information content (AvgIpc) is 2.87. The van der Waals surface area contributed by atoms with Gasteiger partial charge in [-0.3, -0.25) is 4.79 Å². The topological polar surface area (TPSA) is 46.3 Å². The van der Waals surface area contributed by atoms with E-state index in [1.54, 1.807) is 0 Å². The molecule has 1 aromatic rings. The van der Waals surface area contributed by atoms with Gasteiger partial charge in [0.2, 0.25) is 0 Å². The summed E-state index contributed by atoms with van der Waals surface area (Å²) in [4.78, 5) is 14.7. The molecule has 2 aliphatic rings. The first-order chi connectivity index (χ1) is 8.68. The molecule has 3 heteroatoms. The zero-order valence-corrected chi connectivity index (χ0v) is 10.9.